The molecule has 0 unspecified atom stereocenters. The van der Waals surface area contributed by atoms with Crippen molar-refractivity contribution in [2.24, 2.45) is 11.5 Å². The summed E-state index contributed by atoms with van der Waals surface area (Å²) in [7, 11) is -5.83. The van der Waals surface area contributed by atoms with Gasteiger partial charge in [0, 0.05) is 0 Å². The summed E-state index contributed by atoms with van der Waals surface area (Å²) in [5, 5.41) is 0.000000000000000222. The van der Waals surface area contributed by atoms with Crippen LogP contribution >= 0.6 is 12.2 Å². The van der Waals surface area contributed by atoms with Crippen LogP contribution in [0.15, 0.2) is 0 Å². The third-order valence-corrected chi connectivity index (χ3v) is 3.40. The summed E-state index contributed by atoms with van der Waals surface area (Å²) >= 11 is 4.09. The molecule has 0 amide bonds. The van der Waals surface area contributed by atoms with Gasteiger partial charge in [-0.05, 0) is 26.1 Å². The Hall–Kier alpha value is -0.820. The average Bonchev–Trinajstić information content (AvgIpc) is 1.94. The zero-order chi connectivity index (χ0) is 16.3. The van der Waals surface area contributed by atoms with Crippen molar-refractivity contribution < 1.29 is 38.9 Å². The molecular formula is C6H10F6N2O3S2. The molecule has 0 atom stereocenters. The number of halogens is 6. The molecule has 0 aromatic rings. The van der Waals surface area contributed by atoms with Gasteiger partial charge in [0.2, 0.25) is 0 Å². The summed E-state index contributed by atoms with van der Waals surface area (Å²) in [5.74, 6) is 0. The highest BCUT2D eigenvalue weighted by Crippen LogP contribution is 2.39. The normalized spacial score (nSPS) is 13.5. The van der Waals surface area contributed by atoms with Gasteiger partial charge in [-0.25, -0.2) is 0 Å². The predicted molar refractivity (Wildman–Crippen MR) is 57.2 cm³/mol. The Morgan fingerprint density at radius 1 is 1.05 bits per heavy atom. The largest absolute Gasteiger partial charge is 0.537 e. The monoisotopic (exact) mass is 336 g/mol. The van der Waals surface area contributed by atoms with Crippen molar-refractivity contribution in [3.8, 4) is 0 Å². The van der Waals surface area contributed by atoms with E-state index in [4.69, 9.17) is 0 Å². The Bertz CT molecular complexity index is 410. The molecule has 0 fully saturated rings. The Morgan fingerprint density at radius 3 is 1.47 bits per heavy atom. The SMILES string of the molecule is CC(C)(C(F)(F)F)S(=O)(=O)OC(F)(F)F.NC(N)=S. The second-order valence-corrected chi connectivity index (χ2v) is 5.96. The maximum Gasteiger partial charge on any atom is 0.537 e. The van der Waals surface area contributed by atoms with Crippen molar-refractivity contribution >= 4 is 27.4 Å². The maximum atomic E-state index is 12.1. The van der Waals surface area contributed by atoms with E-state index in [2.05, 4.69) is 27.9 Å². The topological polar surface area (TPSA) is 95.4 Å². The van der Waals surface area contributed by atoms with E-state index < -0.39 is 27.4 Å². The van der Waals surface area contributed by atoms with E-state index in [-0.39, 0.29) is 19.0 Å². The Labute approximate surface area is 110 Å². The van der Waals surface area contributed by atoms with Crippen LogP contribution in [0.4, 0.5) is 26.3 Å². The van der Waals surface area contributed by atoms with Crippen molar-refractivity contribution in [3.63, 3.8) is 0 Å². The van der Waals surface area contributed by atoms with Gasteiger partial charge in [0.25, 0.3) is 10.1 Å². The third kappa shape index (κ3) is 7.37. The molecule has 0 aliphatic carbocycles. The van der Waals surface area contributed by atoms with Gasteiger partial charge in [-0.15, -0.1) is 13.2 Å². The van der Waals surface area contributed by atoms with Gasteiger partial charge in [-0.3, -0.25) is 0 Å². The summed E-state index contributed by atoms with van der Waals surface area (Å²) < 4.78 is 90.9. The average molecular weight is 336 g/mol. The standard InChI is InChI=1S/C5H6F6O3S.CH4N2S/c1-3(2,4(6,7)8)15(12,13)14-5(9,10)11;2-1(3)4/h1-2H3;(H4,2,3,4). The fourth-order valence-corrected chi connectivity index (χ4v) is 1.11. The summed E-state index contributed by atoms with van der Waals surface area (Å²) in [6.07, 6.45) is -11.0. The minimum Gasteiger partial charge on any atom is -0.377 e. The van der Waals surface area contributed by atoms with E-state index in [0.717, 1.165) is 0 Å². The molecule has 0 aromatic heterocycles. The van der Waals surface area contributed by atoms with Crippen LogP contribution in [-0.2, 0) is 14.3 Å². The molecule has 0 saturated carbocycles. The van der Waals surface area contributed by atoms with E-state index in [0.29, 0.717) is 0 Å². The highest BCUT2D eigenvalue weighted by Gasteiger charge is 2.60. The molecule has 13 heteroatoms. The number of hydrogen-bond acceptors (Lipinski definition) is 4. The molecule has 0 heterocycles. The molecule has 116 valence electrons. The van der Waals surface area contributed by atoms with E-state index in [9.17, 15) is 34.8 Å². The van der Waals surface area contributed by atoms with Crippen LogP contribution in [0.2, 0.25) is 0 Å². The van der Waals surface area contributed by atoms with Gasteiger partial charge in [-0.2, -0.15) is 25.8 Å². The highest BCUT2D eigenvalue weighted by molar-refractivity contribution is 7.88. The lowest BCUT2D eigenvalue weighted by molar-refractivity contribution is -0.274. The molecule has 4 N–H and O–H groups in total. The Balaban J connectivity index is 0. The number of hydrogen-bond donors (Lipinski definition) is 2. The first-order valence-corrected chi connectivity index (χ1v) is 5.89. The van der Waals surface area contributed by atoms with E-state index in [1.54, 1.807) is 0 Å². The first-order chi connectivity index (χ1) is 7.94. The molecule has 0 aliphatic rings. The number of nitrogens with two attached hydrogens (primary N) is 2. The summed E-state index contributed by atoms with van der Waals surface area (Å²) in [6.45, 7) is 0.155. The summed E-state index contributed by atoms with van der Waals surface area (Å²) in [6, 6.07) is 0. The quantitative estimate of drug-likeness (QED) is 0.449. The van der Waals surface area contributed by atoms with Gasteiger partial charge in [0.15, 0.2) is 9.86 Å². The third-order valence-electron chi connectivity index (χ3n) is 1.51. The summed E-state index contributed by atoms with van der Waals surface area (Å²) in [4.78, 5) is 0. The second-order valence-electron chi connectivity index (χ2n) is 3.39. The van der Waals surface area contributed by atoms with Crippen LogP contribution in [0, 0.1) is 0 Å². The van der Waals surface area contributed by atoms with Gasteiger partial charge < -0.3 is 11.5 Å². The van der Waals surface area contributed by atoms with Crippen LogP contribution in [0.25, 0.3) is 0 Å². The first-order valence-electron chi connectivity index (χ1n) is 4.07. The number of alkyl halides is 6. The van der Waals surface area contributed by atoms with Crippen LogP contribution in [0.1, 0.15) is 13.8 Å². The molecule has 5 nitrogen and oxygen atoms in total. The van der Waals surface area contributed by atoms with Gasteiger partial charge in [0.1, 0.15) is 0 Å². The van der Waals surface area contributed by atoms with E-state index in [1.165, 1.54) is 0 Å². The van der Waals surface area contributed by atoms with Crippen molar-refractivity contribution in [1.82, 2.24) is 0 Å². The fourth-order valence-electron chi connectivity index (χ4n) is 0.370. The Kier molecular flexibility index (Phi) is 6.57. The zero-order valence-electron chi connectivity index (χ0n) is 9.46. The molecule has 0 bridgehead atoms. The van der Waals surface area contributed by atoms with E-state index >= 15 is 0 Å². The lowest BCUT2D eigenvalue weighted by Crippen LogP contribution is -2.48. The number of thiocarbonyl (C=S) groups is 1. The molecular weight excluding hydrogens is 326 g/mol. The van der Waals surface area contributed by atoms with Gasteiger partial charge in [-0.1, -0.05) is 0 Å². The lowest BCUT2D eigenvalue weighted by Gasteiger charge is -2.26. The van der Waals surface area contributed by atoms with Crippen LogP contribution in [0.5, 0.6) is 0 Å². The molecule has 0 spiro atoms. The second kappa shape index (κ2) is 6.09. The van der Waals surface area contributed by atoms with Gasteiger partial charge in [0.05, 0.1) is 0 Å². The maximum absolute atomic E-state index is 12.1. The fraction of sp³-hybridized carbons (Fsp3) is 0.833. The Morgan fingerprint density at radius 2 is 1.32 bits per heavy atom. The van der Waals surface area contributed by atoms with Crippen molar-refractivity contribution in [2.75, 3.05) is 0 Å². The smallest absolute Gasteiger partial charge is 0.377 e. The van der Waals surface area contributed by atoms with Gasteiger partial charge >= 0.3 is 12.5 Å². The predicted octanol–water partition coefficient (Wildman–Crippen LogP) is 1.38. The van der Waals surface area contributed by atoms with Crippen molar-refractivity contribution in [3.05, 3.63) is 0 Å². The molecule has 0 radical (unpaired) electrons. The van der Waals surface area contributed by atoms with Crippen molar-refractivity contribution in [2.45, 2.75) is 31.1 Å². The minimum atomic E-state index is -5.83. The summed E-state index contributed by atoms with van der Waals surface area (Å²) in [5.41, 5.74) is 9.24. The molecule has 19 heavy (non-hydrogen) atoms. The zero-order valence-corrected chi connectivity index (χ0v) is 11.1. The first kappa shape index (κ1) is 20.5. The molecule has 0 aliphatic heterocycles. The van der Waals surface area contributed by atoms with Crippen LogP contribution < -0.4 is 11.5 Å². The molecule has 0 rings (SSSR count). The number of rotatable bonds is 2. The van der Waals surface area contributed by atoms with Crippen molar-refractivity contribution in [1.29, 1.82) is 0 Å². The van der Waals surface area contributed by atoms with Crippen LogP contribution in [0.3, 0.4) is 0 Å². The van der Waals surface area contributed by atoms with E-state index in [1.807, 2.05) is 0 Å². The minimum absolute atomic E-state index is 0.000000000000000222. The highest BCUT2D eigenvalue weighted by atomic mass is 32.2. The lowest BCUT2D eigenvalue weighted by atomic mass is 10.2. The molecule has 0 saturated heterocycles. The van der Waals surface area contributed by atoms with Crippen LogP contribution in [-0.4, -0.2) is 30.8 Å². The molecule has 0 aromatic carbocycles.